The Morgan fingerprint density at radius 1 is 1.00 bits per heavy atom. The molecule has 2 saturated carbocycles. The molecule has 1 atom stereocenters. The fourth-order valence-corrected chi connectivity index (χ4v) is 5.37. The highest BCUT2D eigenvalue weighted by molar-refractivity contribution is 5.73. The van der Waals surface area contributed by atoms with Gasteiger partial charge < -0.3 is 20.6 Å². The van der Waals surface area contributed by atoms with Crippen molar-refractivity contribution in [1.29, 1.82) is 0 Å². The van der Waals surface area contributed by atoms with Gasteiger partial charge in [0.25, 0.3) is 0 Å². The Kier molecular flexibility index (Phi) is 7.80. The molecule has 2 aliphatic carbocycles. The van der Waals surface area contributed by atoms with Crippen molar-refractivity contribution >= 4 is 11.8 Å². The Hall–Kier alpha value is -2.29. The zero-order chi connectivity index (χ0) is 24.2. The molecule has 1 aliphatic heterocycles. The molecule has 0 spiro atoms. The van der Waals surface area contributed by atoms with Crippen molar-refractivity contribution in [3.63, 3.8) is 0 Å². The second-order valence-electron chi connectivity index (χ2n) is 10.9. The van der Waals surface area contributed by atoms with Crippen LogP contribution in [0.3, 0.4) is 0 Å². The second-order valence-corrected chi connectivity index (χ2v) is 10.9. The number of piperazine rings is 1. The van der Waals surface area contributed by atoms with Crippen LogP contribution in [0.15, 0.2) is 24.5 Å². The lowest BCUT2D eigenvalue weighted by Gasteiger charge is -2.32. The first-order valence-electron chi connectivity index (χ1n) is 13.5. The molecule has 5 rings (SSSR count). The van der Waals surface area contributed by atoms with Gasteiger partial charge in [-0.3, -0.25) is 9.88 Å². The highest BCUT2D eigenvalue weighted by Gasteiger charge is 2.25. The third-order valence-corrected chi connectivity index (χ3v) is 8.14. The van der Waals surface area contributed by atoms with Crippen molar-refractivity contribution in [1.82, 2.24) is 24.8 Å². The summed E-state index contributed by atoms with van der Waals surface area (Å²) in [6.45, 7) is 7.62. The van der Waals surface area contributed by atoms with E-state index < -0.39 is 0 Å². The van der Waals surface area contributed by atoms with E-state index >= 15 is 0 Å². The molecule has 0 bridgehead atoms. The van der Waals surface area contributed by atoms with E-state index in [1.807, 2.05) is 12.4 Å². The van der Waals surface area contributed by atoms with Gasteiger partial charge in [-0.1, -0.05) is 12.5 Å². The molecule has 1 saturated heterocycles. The molecule has 0 radical (unpaired) electrons. The topological polar surface area (TPSA) is 89.4 Å². The van der Waals surface area contributed by atoms with Gasteiger partial charge in [0.15, 0.2) is 0 Å². The maximum absolute atomic E-state index is 9.93. The fraction of sp³-hybridized carbons (Fsp3) is 0.667. The van der Waals surface area contributed by atoms with Crippen molar-refractivity contribution in [3.05, 3.63) is 30.1 Å². The molecule has 3 heterocycles. The van der Waals surface area contributed by atoms with Gasteiger partial charge in [-0.15, -0.1) is 0 Å². The molecule has 2 aromatic heterocycles. The Balaban J connectivity index is 1.32. The molecule has 3 aliphatic rings. The minimum Gasteiger partial charge on any atom is -0.393 e. The molecule has 0 amide bonds. The monoisotopic (exact) mass is 479 g/mol. The SMILES string of the molecule is CC(Nc1ncc(-c2ccc(CN3CCN(C)CC3)cn2)c(NC2CCC(O)CC2)n1)C1CCC1. The summed E-state index contributed by atoms with van der Waals surface area (Å²) in [5, 5.41) is 17.1. The van der Waals surface area contributed by atoms with E-state index in [1.165, 1.54) is 24.8 Å². The van der Waals surface area contributed by atoms with Crippen LogP contribution in [0.25, 0.3) is 11.3 Å². The molecule has 8 nitrogen and oxygen atoms in total. The lowest BCUT2D eigenvalue weighted by Crippen LogP contribution is -2.43. The van der Waals surface area contributed by atoms with Gasteiger partial charge in [-0.25, -0.2) is 4.98 Å². The number of likely N-dealkylation sites (N-methyl/N-ethyl adjacent to an activating group) is 1. The van der Waals surface area contributed by atoms with Crippen LogP contribution in [0.2, 0.25) is 0 Å². The number of hydrogen-bond donors (Lipinski definition) is 3. The van der Waals surface area contributed by atoms with Gasteiger partial charge in [0, 0.05) is 57.2 Å². The number of pyridine rings is 1. The molecule has 3 fully saturated rings. The lowest BCUT2D eigenvalue weighted by atomic mass is 9.80. The number of nitrogens with one attached hydrogen (secondary N) is 2. The van der Waals surface area contributed by atoms with Gasteiger partial charge in [0.05, 0.1) is 17.4 Å². The van der Waals surface area contributed by atoms with E-state index in [9.17, 15) is 5.11 Å². The Labute approximate surface area is 209 Å². The summed E-state index contributed by atoms with van der Waals surface area (Å²) in [5.74, 6) is 2.23. The molecule has 2 aromatic rings. The molecule has 190 valence electrons. The second kappa shape index (κ2) is 11.2. The Morgan fingerprint density at radius 3 is 2.43 bits per heavy atom. The average molecular weight is 480 g/mol. The fourth-order valence-electron chi connectivity index (χ4n) is 5.37. The zero-order valence-electron chi connectivity index (χ0n) is 21.3. The quantitative estimate of drug-likeness (QED) is 0.529. The van der Waals surface area contributed by atoms with Gasteiger partial charge in [0.2, 0.25) is 5.95 Å². The highest BCUT2D eigenvalue weighted by Crippen LogP contribution is 2.32. The van der Waals surface area contributed by atoms with Crippen molar-refractivity contribution in [2.75, 3.05) is 43.9 Å². The van der Waals surface area contributed by atoms with Crippen LogP contribution in [-0.4, -0.2) is 81.3 Å². The highest BCUT2D eigenvalue weighted by atomic mass is 16.3. The zero-order valence-corrected chi connectivity index (χ0v) is 21.3. The summed E-state index contributed by atoms with van der Waals surface area (Å²) >= 11 is 0. The number of aliphatic hydroxyl groups is 1. The Morgan fingerprint density at radius 2 is 1.77 bits per heavy atom. The van der Waals surface area contributed by atoms with E-state index in [-0.39, 0.29) is 6.10 Å². The summed E-state index contributed by atoms with van der Waals surface area (Å²) in [4.78, 5) is 19.3. The van der Waals surface area contributed by atoms with Crippen LogP contribution in [0, 0.1) is 5.92 Å². The third-order valence-electron chi connectivity index (χ3n) is 8.14. The predicted octanol–water partition coefficient (Wildman–Crippen LogP) is 3.60. The smallest absolute Gasteiger partial charge is 0.224 e. The van der Waals surface area contributed by atoms with Gasteiger partial charge in [0.1, 0.15) is 5.82 Å². The first-order valence-corrected chi connectivity index (χ1v) is 13.5. The largest absolute Gasteiger partial charge is 0.393 e. The standard InChI is InChI=1S/C27H41N7O/c1-19(21-4-3-5-21)30-27-29-17-24(26(32-27)31-22-7-9-23(35)10-8-22)25-11-6-20(16-28-25)18-34-14-12-33(2)13-15-34/h6,11,16-17,19,21-23,35H,3-5,7-10,12-15,18H2,1-2H3,(H2,29,30,31,32). The average Bonchev–Trinajstić information content (AvgIpc) is 2.82. The summed E-state index contributed by atoms with van der Waals surface area (Å²) in [6.07, 6.45) is 11.2. The van der Waals surface area contributed by atoms with Crippen molar-refractivity contribution in [2.45, 2.75) is 76.6 Å². The van der Waals surface area contributed by atoms with Gasteiger partial charge in [-0.2, -0.15) is 4.98 Å². The molecular formula is C27H41N7O. The molecule has 1 unspecified atom stereocenters. The third kappa shape index (κ3) is 6.29. The van der Waals surface area contributed by atoms with E-state index in [0.717, 1.165) is 75.5 Å². The van der Waals surface area contributed by atoms with Crippen molar-refractivity contribution in [3.8, 4) is 11.3 Å². The van der Waals surface area contributed by atoms with Crippen LogP contribution in [0.4, 0.5) is 11.8 Å². The van der Waals surface area contributed by atoms with Crippen LogP contribution in [-0.2, 0) is 6.54 Å². The molecule has 3 N–H and O–H groups in total. The maximum Gasteiger partial charge on any atom is 0.224 e. The minimum atomic E-state index is -0.173. The van der Waals surface area contributed by atoms with Gasteiger partial charge >= 0.3 is 0 Å². The van der Waals surface area contributed by atoms with E-state index in [2.05, 4.69) is 51.5 Å². The van der Waals surface area contributed by atoms with Crippen LogP contribution < -0.4 is 10.6 Å². The van der Waals surface area contributed by atoms with Gasteiger partial charge in [-0.05, 0) is 70.0 Å². The summed E-state index contributed by atoms with van der Waals surface area (Å²) in [7, 11) is 2.19. The number of hydrogen-bond acceptors (Lipinski definition) is 8. The van der Waals surface area contributed by atoms with E-state index in [4.69, 9.17) is 9.97 Å². The Bertz CT molecular complexity index is 949. The van der Waals surface area contributed by atoms with E-state index in [0.29, 0.717) is 23.9 Å². The minimum absolute atomic E-state index is 0.173. The first kappa shape index (κ1) is 24.4. The molecule has 0 aromatic carbocycles. The first-order chi connectivity index (χ1) is 17.0. The number of aromatic nitrogens is 3. The number of aliphatic hydroxyl groups excluding tert-OH is 1. The maximum atomic E-state index is 9.93. The summed E-state index contributed by atoms with van der Waals surface area (Å²) < 4.78 is 0. The van der Waals surface area contributed by atoms with Crippen molar-refractivity contribution in [2.24, 2.45) is 5.92 Å². The van der Waals surface area contributed by atoms with Crippen LogP contribution >= 0.6 is 0 Å². The number of rotatable bonds is 8. The van der Waals surface area contributed by atoms with Crippen LogP contribution in [0.5, 0.6) is 0 Å². The summed E-state index contributed by atoms with van der Waals surface area (Å²) in [6, 6.07) is 4.97. The van der Waals surface area contributed by atoms with E-state index in [1.54, 1.807) is 0 Å². The molecule has 35 heavy (non-hydrogen) atoms. The lowest BCUT2D eigenvalue weighted by molar-refractivity contribution is 0.126. The number of nitrogens with zero attached hydrogens (tertiary/aromatic N) is 5. The number of anilines is 2. The summed E-state index contributed by atoms with van der Waals surface area (Å²) in [5.41, 5.74) is 3.07. The van der Waals surface area contributed by atoms with Crippen molar-refractivity contribution < 1.29 is 5.11 Å². The molecule has 8 heteroatoms. The molecular weight excluding hydrogens is 438 g/mol. The normalized spacial score (nSPS) is 25.1. The van der Waals surface area contributed by atoms with Crippen LogP contribution in [0.1, 0.15) is 57.4 Å². The predicted molar refractivity (Wildman–Crippen MR) is 140 cm³/mol.